The van der Waals surface area contributed by atoms with E-state index in [1.807, 2.05) is 17.0 Å². The van der Waals surface area contributed by atoms with E-state index in [2.05, 4.69) is 22.1 Å². The molecule has 0 unspecified atom stereocenters. The molecular formula is C22H34N4O2. The summed E-state index contributed by atoms with van der Waals surface area (Å²) in [6.45, 7) is 5.91. The summed E-state index contributed by atoms with van der Waals surface area (Å²) in [5.41, 5.74) is 0.598. The Morgan fingerprint density at radius 3 is 2.50 bits per heavy atom. The van der Waals surface area contributed by atoms with Crippen molar-refractivity contribution in [1.82, 2.24) is 15.2 Å². The number of nitrogens with one attached hydrogen (secondary N) is 1. The highest BCUT2D eigenvalue weighted by molar-refractivity contribution is 5.94. The summed E-state index contributed by atoms with van der Waals surface area (Å²) in [4.78, 5) is 33.4. The second kappa shape index (κ2) is 10.4. The maximum absolute atomic E-state index is 12.6. The summed E-state index contributed by atoms with van der Waals surface area (Å²) in [7, 11) is 0. The second-order valence-corrected chi connectivity index (χ2v) is 8.09. The van der Waals surface area contributed by atoms with Crippen molar-refractivity contribution in [2.24, 2.45) is 5.92 Å². The Morgan fingerprint density at radius 1 is 1.11 bits per heavy atom. The van der Waals surface area contributed by atoms with Gasteiger partial charge in [-0.3, -0.25) is 9.59 Å². The topological polar surface area (TPSA) is 65.5 Å². The number of carbonyl (C=O) groups excluding carboxylic acids is 2. The third-order valence-corrected chi connectivity index (χ3v) is 5.97. The zero-order valence-corrected chi connectivity index (χ0v) is 17.2. The van der Waals surface area contributed by atoms with E-state index in [1.165, 1.54) is 32.1 Å². The number of hydrogen-bond acceptors (Lipinski definition) is 4. The first-order valence-electron chi connectivity index (χ1n) is 10.9. The molecule has 6 nitrogen and oxygen atoms in total. The molecule has 3 rings (SSSR count). The summed E-state index contributed by atoms with van der Waals surface area (Å²) in [5.74, 6) is 1.73. The fourth-order valence-electron chi connectivity index (χ4n) is 4.14. The van der Waals surface area contributed by atoms with Crippen molar-refractivity contribution in [3.05, 3.63) is 23.9 Å². The van der Waals surface area contributed by atoms with Crippen LogP contribution in [0.25, 0.3) is 0 Å². The van der Waals surface area contributed by atoms with Gasteiger partial charge in [-0.2, -0.15) is 0 Å². The van der Waals surface area contributed by atoms with E-state index in [1.54, 1.807) is 6.20 Å². The molecule has 6 heteroatoms. The third kappa shape index (κ3) is 5.69. The van der Waals surface area contributed by atoms with Crippen LogP contribution in [0.15, 0.2) is 18.3 Å². The normalized spacial score (nSPS) is 18.2. The van der Waals surface area contributed by atoms with Gasteiger partial charge in [0.25, 0.3) is 5.91 Å². The molecule has 1 aromatic heterocycles. The van der Waals surface area contributed by atoms with Crippen LogP contribution in [0.2, 0.25) is 0 Å². The Morgan fingerprint density at radius 2 is 1.86 bits per heavy atom. The molecule has 1 aliphatic carbocycles. The molecule has 0 radical (unpaired) electrons. The standard InChI is InChI=1S/C22H34N4O2/c1-2-3-11-23-22(28)19-9-10-20(24-17-19)25-12-14-26(15-13-25)21(27)16-18-7-5-4-6-8-18/h9-10,17-18H,2-8,11-16H2,1H3,(H,23,28). The van der Waals surface area contributed by atoms with Crippen molar-refractivity contribution in [3.8, 4) is 0 Å². The lowest BCUT2D eigenvalue weighted by Gasteiger charge is -2.36. The van der Waals surface area contributed by atoms with Gasteiger partial charge < -0.3 is 15.1 Å². The van der Waals surface area contributed by atoms with Gasteiger partial charge in [0.05, 0.1) is 5.56 Å². The Hall–Kier alpha value is -2.11. The zero-order chi connectivity index (χ0) is 19.8. The first-order valence-corrected chi connectivity index (χ1v) is 10.9. The van der Waals surface area contributed by atoms with Crippen LogP contribution in [0.1, 0.15) is 68.6 Å². The molecule has 0 spiro atoms. The maximum atomic E-state index is 12.6. The van der Waals surface area contributed by atoms with Gasteiger partial charge in [0.15, 0.2) is 0 Å². The highest BCUT2D eigenvalue weighted by Crippen LogP contribution is 2.27. The average Bonchev–Trinajstić information content (AvgIpc) is 2.75. The smallest absolute Gasteiger partial charge is 0.252 e. The van der Waals surface area contributed by atoms with E-state index in [-0.39, 0.29) is 5.91 Å². The van der Waals surface area contributed by atoms with E-state index in [9.17, 15) is 9.59 Å². The van der Waals surface area contributed by atoms with Gasteiger partial charge in [-0.15, -0.1) is 0 Å². The van der Waals surface area contributed by atoms with E-state index >= 15 is 0 Å². The van der Waals surface area contributed by atoms with E-state index in [4.69, 9.17) is 0 Å². The number of amides is 2. The van der Waals surface area contributed by atoms with Crippen molar-refractivity contribution < 1.29 is 9.59 Å². The van der Waals surface area contributed by atoms with Crippen molar-refractivity contribution in [3.63, 3.8) is 0 Å². The number of hydrogen-bond donors (Lipinski definition) is 1. The minimum Gasteiger partial charge on any atom is -0.353 e. The number of pyridine rings is 1. The first kappa shape index (κ1) is 20.6. The van der Waals surface area contributed by atoms with Crippen molar-refractivity contribution >= 4 is 17.6 Å². The average molecular weight is 387 g/mol. The van der Waals surface area contributed by atoms with Crippen LogP contribution in [-0.2, 0) is 4.79 Å². The molecule has 1 saturated carbocycles. The Labute approximate surface area is 168 Å². The lowest BCUT2D eigenvalue weighted by Crippen LogP contribution is -2.49. The fourth-order valence-corrected chi connectivity index (χ4v) is 4.14. The number of nitrogens with zero attached hydrogens (tertiary/aromatic N) is 3. The van der Waals surface area contributed by atoms with E-state index < -0.39 is 0 Å². The number of carbonyl (C=O) groups is 2. The summed E-state index contributed by atoms with van der Waals surface area (Å²) in [5, 5.41) is 2.91. The van der Waals surface area contributed by atoms with Gasteiger partial charge in [0.2, 0.25) is 5.91 Å². The summed E-state index contributed by atoms with van der Waals surface area (Å²) < 4.78 is 0. The van der Waals surface area contributed by atoms with Crippen LogP contribution in [-0.4, -0.2) is 54.4 Å². The summed E-state index contributed by atoms with van der Waals surface area (Å²) >= 11 is 0. The van der Waals surface area contributed by atoms with Crippen LogP contribution < -0.4 is 10.2 Å². The highest BCUT2D eigenvalue weighted by atomic mass is 16.2. The van der Waals surface area contributed by atoms with Gasteiger partial charge in [-0.25, -0.2) is 4.98 Å². The zero-order valence-electron chi connectivity index (χ0n) is 17.2. The molecule has 2 aliphatic rings. The maximum Gasteiger partial charge on any atom is 0.252 e. The molecule has 1 aromatic rings. The van der Waals surface area contributed by atoms with Crippen molar-refractivity contribution in [2.75, 3.05) is 37.6 Å². The molecule has 2 fully saturated rings. The molecular weight excluding hydrogens is 352 g/mol. The quantitative estimate of drug-likeness (QED) is 0.731. The van der Waals surface area contributed by atoms with Gasteiger partial charge in [-0.1, -0.05) is 32.6 Å². The SMILES string of the molecule is CCCCNC(=O)c1ccc(N2CCN(C(=O)CC3CCCCC3)CC2)nc1. The number of aromatic nitrogens is 1. The molecule has 154 valence electrons. The number of unbranched alkanes of at least 4 members (excludes halogenated alkanes) is 1. The Balaban J connectivity index is 1.45. The van der Waals surface area contributed by atoms with E-state index in [0.717, 1.165) is 51.3 Å². The lowest BCUT2D eigenvalue weighted by molar-refractivity contribution is -0.132. The Bertz CT molecular complexity index is 632. The predicted molar refractivity (Wildman–Crippen MR) is 111 cm³/mol. The Kier molecular flexibility index (Phi) is 7.69. The monoisotopic (exact) mass is 386 g/mol. The molecule has 0 bridgehead atoms. The minimum absolute atomic E-state index is 0.0642. The molecule has 2 heterocycles. The predicted octanol–water partition coefficient (Wildman–Crippen LogP) is 3.23. The van der Waals surface area contributed by atoms with Crippen molar-refractivity contribution in [1.29, 1.82) is 0 Å². The summed E-state index contributed by atoms with van der Waals surface area (Å²) in [6.07, 6.45) is 10.7. The molecule has 28 heavy (non-hydrogen) atoms. The van der Waals surface area contributed by atoms with Crippen molar-refractivity contribution in [2.45, 2.75) is 58.3 Å². The van der Waals surface area contributed by atoms with Crippen LogP contribution in [0.4, 0.5) is 5.82 Å². The largest absolute Gasteiger partial charge is 0.353 e. The van der Waals surface area contributed by atoms with Gasteiger partial charge in [-0.05, 0) is 37.3 Å². The molecule has 1 N–H and O–H groups in total. The number of rotatable bonds is 7. The molecule has 0 aromatic carbocycles. The third-order valence-electron chi connectivity index (χ3n) is 5.97. The second-order valence-electron chi connectivity index (χ2n) is 8.09. The molecule has 1 saturated heterocycles. The van der Waals surface area contributed by atoms with E-state index in [0.29, 0.717) is 23.9 Å². The minimum atomic E-state index is -0.0642. The fraction of sp³-hybridized carbons (Fsp3) is 0.682. The molecule has 0 atom stereocenters. The molecule has 2 amide bonds. The van der Waals surface area contributed by atoms with Crippen LogP contribution in [0, 0.1) is 5.92 Å². The van der Waals surface area contributed by atoms with Gasteiger partial charge in [0, 0.05) is 45.3 Å². The summed E-state index contributed by atoms with van der Waals surface area (Å²) in [6, 6.07) is 3.75. The first-order chi connectivity index (χ1) is 13.7. The van der Waals surface area contributed by atoms with Crippen LogP contribution >= 0.6 is 0 Å². The number of anilines is 1. The van der Waals surface area contributed by atoms with Crippen LogP contribution in [0.3, 0.4) is 0 Å². The lowest BCUT2D eigenvalue weighted by atomic mass is 9.86. The highest BCUT2D eigenvalue weighted by Gasteiger charge is 2.25. The van der Waals surface area contributed by atoms with Gasteiger partial charge in [0.1, 0.15) is 5.82 Å². The molecule has 1 aliphatic heterocycles. The van der Waals surface area contributed by atoms with Crippen LogP contribution in [0.5, 0.6) is 0 Å². The van der Waals surface area contributed by atoms with Gasteiger partial charge >= 0.3 is 0 Å². The number of piperazine rings is 1.